The number of hydrogen-bond acceptors (Lipinski definition) is 3. The molecule has 2 saturated carbocycles. The Balaban J connectivity index is 1.10. The lowest BCUT2D eigenvalue weighted by Gasteiger charge is -2.29. The minimum absolute atomic E-state index is 0.0268. The van der Waals surface area contributed by atoms with Crippen molar-refractivity contribution in [2.45, 2.75) is 95.5 Å². The maximum atomic E-state index is 12.8. The van der Waals surface area contributed by atoms with Crippen LogP contribution in [-0.4, -0.2) is 12.1 Å². The summed E-state index contributed by atoms with van der Waals surface area (Å²) in [6.07, 6.45) is 13.2. The normalized spacial score (nSPS) is 23.1. The van der Waals surface area contributed by atoms with Gasteiger partial charge in [0.05, 0.1) is 17.2 Å². The number of hydrogen-bond donors (Lipinski definition) is 0. The van der Waals surface area contributed by atoms with Crippen molar-refractivity contribution in [2.75, 3.05) is 0 Å². The molecule has 0 aliphatic heterocycles. The van der Waals surface area contributed by atoms with Crippen molar-refractivity contribution in [2.24, 2.45) is 5.92 Å². The highest BCUT2D eigenvalue weighted by Crippen LogP contribution is 2.38. The highest BCUT2D eigenvalue weighted by molar-refractivity contribution is 5.90. The molecule has 0 radical (unpaired) electrons. The Morgan fingerprint density at radius 3 is 1.79 bits per heavy atom. The van der Waals surface area contributed by atoms with Gasteiger partial charge in [-0.25, -0.2) is 4.79 Å². The third-order valence-corrected chi connectivity index (χ3v) is 9.11. The number of ether oxygens (including phenoxy) is 1. The molecule has 0 amide bonds. The van der Waals surface area contributed by atoms with Gasteiger partial charge in [-0.15, -0.1) is 0 Å². The molecule has 0 saturated heterocycles. The summed E-state index contributed by atoms with van der Waals surface area (Å²) < 4.78 is 5.87. The zero-order chi connectivity index (χ0) is 27.0. The lowest BCUT2D eigenvalue weighted by atomic mass is 9.77. The lowest BCUT2D eigenvalue weighted by Crippen LogP contribution is -2.24. The quantitative estimate of drug-likeness (QED) is 0.278. The van der Waals surface area contributed by atoms with E-state index in [1.54, 1.807) is 0 Å². The first-order valence-corrected chi connectivity index (χ1v) is 15.0. The first-order valence-electron chi connectivity index (χ1n) is 15.0. The Labute approximate surface area is 234 Å². The number of benzene rings is 3. The Morgan fingerprint density at radius 1 is 0.744 bits per heavy atom. The molecular formula is C36H41NO2. The van der Waals surface area contributed by atoms with Crippen LogP contribution >= 0.6 is 0 Å². The summed E-state index contributed by atoms with van der Waals surface area (Å²) in [7, 11) is 0. The second kappa shape index (κ2) is 13.1. The van der Waals surface area contributed by atoms with Crippen LogP contribution in [0.15, 0.2) is 72.8 Å². The van der Waals surface area contributed by atoms with Gasteiger partial charge in [-0.1, -0.05) is 74.7 Å². The standard InChI is InChI=1S/C36H41NO2/c1-2-3-4-26-5-9-28(10-6-26)30-13-15-31(16-14-30)32-17-19-34(20-18-32)36(38)39-35-23-21-33(22-24-35)29-11-7-27(25-37)8-12-29/h7-8,11-20,26,28,33,35H,2-6,9-10,21-24H2,1H3. The number of carbonyl (C=O) groups is 1. The summed E-state index contributed by atoms with van der Waals surface area (Å²) in [5.74, 6) is 1.88. The van der Waals surface area contributed by atoms with Gasteiger partial charge in [0.2, 0.25) is 0 Å². The number of nitrogens with zero attached hydrogens (tertiary/aromatic N) is 1. The van der Waals surface area contributed by atoms with Gasteiger partial charge < -0.3 is 4.74 Å². The summed E-state index contributed by atoms with van der Waals surface area (Å²) in [5.41, 5.74) is 6.38. The zero-order valence-corrected chi connectivity index (χ0v) is 23.3. The smallest absolute Gasteiger partial charge is 0.338 e. The Morgan fingerprint density at radius 2 is 1.26 bits per heavy atom. The number of unbranched alkanes of at least 4 members (excludes halogenated alkanes) is 1. The van der Waals surface area contributed by atoms with Crippen molar-refractivity contribution in [1.29, 1.82) is 5.26 Å². The number of rotatable bonds is 8. The second-order valence-electron chi connectivity index (χ2n) is 11.7. The van der Waals surface area contributed by atoms with Crippen molar-refractivity contribution in [1.82, 2.24) is 0 Å². The van der Waals surface area contributed by atoms with Crippen LogP contribution in [0.1, 0.15) is 116 Å². The molecule has 2 aliphatic carbocycles. The molecule has 0 bridgehead atoms. The highest BCUT2D eigenvalue weighted by Gasteiger charge is 2.26. The van der Waals surface area contributed by atoms with E-state index in [0.717, 1.165) is 37.2 Å². The van der Waals surface area contributed by atoms with E-state index >= 15 is 0 Å². The molecule has 39 heavy (non-hydrogen) atoms. The first kappa shape index (κ1) is 27.2. The van der Waals surface area contributed by atoms with Crippen LogP contribution in [0.4, 0.5) is 0 Å². The number of nitriles is 1. The monoisotopic (exact) mass is 519 g/mol. The molecule has 5 rings (SSSR count). The van der Waals surface area contributed by atoms with Gasteiger partial charge in [0.15, 0.2) is 0 Å². The van der Waals surface area contributed by atoms with Crippen molar-refractivity contribution < 1.29 is 9.53 Å². The number of carbonyl (C=O) groups excluding carboxylic acids is 1. The summed E-state index contributed by atoms with van der Waals surface area (Å²) in [6.45, 7) is 2.29. The van der Waals surface area contributed by atoms with Crippen molar-refractivity contribution in [3.05, 3.63) is 95.1 Å². The average molecular weight is 520 g/mol. The predicted octanol–water partition coefficient (Wildman–Crippen LogP) is 9.57. The third-order valence-electron chi connectivity index (χ3n) is 9.11. The maximum Gasteiger partial charge on any atom is 0.338 e. The van der Waals surface area contributed by atoms with Crippen molar-refractivity contribution in [3.8, 4) is 17.2 Å². The Kier molecular flexibility index (Phi) is 9.15. The topological polar surface area (TPSA) is 50.1 Å². The SMILES string of the molecule is CCCCC1CCC(c2ccc(-c3ccc(C(=O)OC4CCC(c5ccc(C#N)cc5)CC4)cc3)cc2)CC1. The zero-order valence-electron chi connectivity index (χ0n) is 23.3. The maximum absolute atomic E-state index is 12.8. The molecule has 0 atom stereocenters. The molecule has 0 aromatic heterocycles. The van der Waals surface area contributed by atoms with E-state index in [1.165, 1.54) is 61.6 Å². The lowest BCUT2D eigenvalue weighted by molar-refractivity contribution is 0.0195. The van der Waals surface area contributed by atoms with Crippen molar-refractivity contribution in [3.63, 3.8) is 0 Å². The van der Waals surface area contributed by atoms with Crippen LogP contribution < -0.4 is 0 Å². The van der Waals surface area contributed by atoms with Gasteiger partial charge in [0.1, 0.15) is 6.10 Å². The molecule has 3 aromatic rings. The van der Waals surface area contributed by atoms with Crippen LogP contribution in [0.25, 0.3) is 11.1 Å². The van der Waals surface area contributed by atoms with E-state index in [9.17, 15) is 4.79 Å². The molecule has 3 heteroatoms. The summed E-state index contributed by atoms with van der Waals surface area (Å²) in [6, 6.07) is 27.0. The molecule has 0 N–H and O–H groups in total. The minimum atomic E-state index is -0.228. The highest BCUT2D eigenvalue weighted by atomic mass is 16.5. The van der Waals surface area contributed by atoms with E-state index in [2.05, 4.69) is 49.4 Å². The van der Waals surface area contributed by atoms with Gasteiger partial charge in [-0.3, -0.25) is 0 Å². The van der Waals surface area contributed by atoms with Crippen LogP contribution in [0.2, 0.25) is 0 Å². The van der Waals surface area contributed by atoms with E-state index in [-0.39, 0.29) is 12.1 Å². The summed E-state index contributed by atoms with van der Waals surface area (Å²) in [5, 5.41) is 9.01. The van der Waals surface area contributed by atoms with Crippen molar-refractivity contribution >= 4 is 5.97 Å². The van der Waals surface area contributed by atoms with Crippen LogP contribution in [0, 0.1) is 17.2 Å². The van der Waals surface area contributed by atoms with E-state index in [4.69, 9.17) is 10.00 Å². The van der Waals surface area contributed by atoms with E-state index < -0.39 is 0 Å². The molecule has 2 aliphatic rings. The fourth-order valence-corrected chi connectivity index (χ4v) is 6.59. The summed E-state index contributed by atoms with van der Waals surface area (Å²) >= 11 is 0. The van der Waals surface area contributed by atoms with Gasteiger partial charge in [-0.05, 0) is 116 Å². The van der Waals surface area contributed by atoms with Gasteiger partial charge in [0, 0.05) is 0 Å². The third kappa shape index (κ3) is 6.99. The molecule has 202 valence electrons. The molecule has 0 heterocycles. The van der Waals surface area contributed by atoms with Gasteiger partial charge >= 0.3 is 5.97 Å². The van der Waals surface area contributed by atoms with E-state index in [1.807, 2.05) is 36.4 Å². The molecular weight excluding hydrogens is 478 g/mol. The van der Waals surface area contributed by atoms with Crippen LogP contribution in [0.3, 0.4) is 0 Å². The second-order valence-corrected chi connectivity index (χ2v) is 11.7. The predicted molar refractivity (Wildman–Crippen MR) is 158 cm³/mol. The minimum Gasteiger partial charge on any atom is -0.459 e. The first-order chi connectivity index (χ1) is 19.1. The molecule has 0 unspecified atom stereocenters. The largest absolute Gasteiger partial charge is 0.459 e. The molecule has 3 nitrogen and oxygen atoms in total. The Hall–Kier alpha value is -3.38. The number of esters is 1. The van der Waals surface area contributed by atoms with Gasteiger partial charge in [-0.2, -0.15) is 5.26 Å². The fraction of sp³-hybridized carbons (Fsp3) is 0.444. The van der Waals surface area contributed by atoms with Crippen LogP contribution in [0.5, 0.6) is 0 Å². The molecule has 0 spiro atoms. The molecule has 2 fully saturated rings. The van der Waals surface area contributed by atoms with Crippen LogP contribution in [-0.2, 0) is 4.74 Å². The molecule has 3 aromatic carbocycles. The van der Waals surface area contributed by atoms with E-state index in [0.29, 0.717) is 23.0 Å². The fourth-order valence-electron chi connectivity index (χ4n) is 6.59. The van der Waals surface area contributed by atoms with Gasteiger partial charge in [0.25, 0.3) is 0 Å². The summed E-state index contributed by atoms with van der Waals surface area (Å²) in [4.78, 5) is 12.8. The average Bonchev–Trinajstić information content (AvgIpc) is 3.01. The Bertz CT molecular complexity index is 1240.